The maximum absolute atomic E-state index is 10.2. The normalized spacial score (nSPS) is 8.22. The molecular formula is C5H9BrHgO2. The molecule has 2 nitrogen and oxygen atoms in total. The Labute approximate surface area is 73.0 Å². The predicted octanol–water partition coefficient (Wildman–Crippen LogP) is 1.75. The molecule has 0 bridgehead atoms. The van der Waals surface area contributed by atoms with Crippen LogP contribution in [0.1, 0.15) is 13.3 Å². The van der Waals surface area contributed by atoms with Crippen molar-refractivity contribution < 1.29 is 31.7 Å². The Kier molecular flexibility index (Phi) is 7.69. The maximum atomic E-state index is 10.2. The van der Waals surface area contributed by atoms with Gasteiger partial charge in [-0.05, 0) is 0 Å². The molecule has 0 aliphatic carbocycles. The monoisotopic (exact) mass is 382 g/mol. The number of hydrogen-bond donors (Lipinski definition) is 0. The minimum absolute atomic E-state index is 0.166. The average Bonchev–Trinajstić information content (AvgIpc) is 1.80. The molecule has 0 aliphatic rings. The van der Waals surface area contributed by atoms with Gasteiger partial charge in [-0.3, -0.25) is 0 Å². The van der Waals surface area contributed by atoms with Crippen molar-refractivity contribution in [1.29, 1.82) is 0 Å². The third-order valence-corrected chi connectivity index (χ3v) is 8.74. The number of carbonyl (C=O) groups is 1. The molecule has 0 aromatic rings. The molecule has 0 N–H and O–H groups in total. The van der Waals surface area contributed by atoms with Crippen molar-refractivity contribution in [1.82, 2.24) is 0 Å². The van der Waals surface area contributed by atoms with E-state index in [1.165, 1.54) is 10.9 Å². The summed E-state index contributed by atoms with van der Waals surface area (Å²) in [5.74, 6) is -0.166. The Hall–Kier alpha value is 0.885. The summed E-state index contributed by atoms with van der Waals surface area (Å²) < 4.78 is 6.00. The van der Waals surface area contributed by atoms with E-state index in [0.717, 1.165) is 6.42 Å². The zero-order valence-electron chi connectivity index (χ0n) is 5.52. The molecule has 50 valence electrons. The Morgan fingerprint density at radius 2 is 2.44 bits per heavy atom. The van der Waals surface area contributed by atoms with Crippen LogP contribution in [-0.2, 0) is 31.7 Å². The van der Waals surface area contributed by atoms with E-state index in [1.54, 1.807) is 0 Å². The second kappa shape index (κ2) is 7.00. The predicted molar refractivity (Wildman–Crippen MR) is 35.0 cm³/mol. The van der Waals surface area contributed by atoms with Crippen LogP contribution in [0, 0.1) is 0 Å². The Bertz CT molecular complexity index is 87.0. The van der Waals surface area contributed by atoms with Gasteiger partial charge in [0, 0.05) is 0 Å². The van der Waals surface area contributed by atoms with Crippen LogP contribution in [0.5, 0.6) is 0 Å². The summed E-state index contributed by atoms with van der Waals surface area (Å²) in [6, 6.07) is 0. The van der Waals surface area contributed by atoms with Gasteiger partial charge in [0.05, 0.1) is 0 Å². The molecule has 0 heterocycles. The number of carbonyl (C=O) groups excluding carboxylic acids is 1. The van der Waals surface area contributed by atoms with E-state index >= 15 is 0 Å². The first-order chi connectivity index (χ1) is 4.27. The summed E-state index contributed by atoms with van der Waals surface area (Å²) in [5.41, 5.74) is 0. The van der Waals surface area contributed by atoms with Crippen molar-refractivity contribution in [3.05, 3.63) is 0 Å². The quantitative estimate of drug-likeness (QED) is 0.421. The van der Waals surface area contributed by atoms with Crippen LogP contribution in [0.25, 0.3) is 0 Å². The van der Waals surface area contributed by atoms with E-state index in [0.29, 0.717) is 6.61 Å². The van der Waals surface area contributed by atoms with Gasteiger partial charge in [0.25, 0.3) is 0 Å². The van der Waals surface area contributed by atoms with Crippen LogP contribution in [0.15, 0.2) is 0 Å². The fraction of sp³-hybridized carbons (Fsp3) is 0.800. The van der Waals surface area contributed by atoms with Crippen LogP contribution in [-0.4, -0.2) is 12.6 Å². The molecule has 9 heavy (non-hydrogen) atoms. The number of halogens is 1. The van der Waals surface area contributed by atoms with Crippen LogP contribution in [0.3, 0.4) is 0 Å². The van der Waals surface area contributed by atoms with Crippen LogP contribution in [0.2, 0.25) is 3.93 Å². The van der Waals surface area contributed by atoms with Crippen molar-refractivity contribution in [3.63, 3.8) is 0 Å². The molecule has 0 rings (SSSR count). The Morgan fingerprint density at radius 1 is 1.78 bits per heavy atom. The number of esters is 1. The first-order valence-electron chi connectivity index (χ1n) is 2.96. The SMILES string of the molecule is CC(=O)OCC[CH2][Hg][Br]. The summed E-state index contributed by atoms with van der Waals surface area (Å²) in [6.07, 6.45) is 1.05. The van der Waals surface area contributed by atoms with E-state index in [9.17, 15) is 4.79 Å². The van der Waals surface area contributed by atoms with Gasteiger partial charge in [-0.25, -0.2) is 0 Å². The summed E-state index contributed by atoms with van der Waals surface area (Å²) in [7, 11) is 0. The summed E-state index contributed by atoms with van der Waals surface area (Å²) in [5, 5.41) is 0. The topological polar surface area (TPSA) is 26.3 Å². The molecule has 0 aromatic carbocycles. The third kappa shape index (κ3) is 8.89. The zero-order valence-corrected chi connectivity index (χ0v) is 12.6. The summed E-state index contributed by atoms with van der Waals surface area (Å²) in [4.78, 5) is 10.2. The molecule has 0 saturated carbocycles. The van der Waals surface area contributed by atoms with Gasteiger partial charge in [0.2, 0.25) is 0 Å². The van der Waals surface area contributed by atoms with E-state index in [1.807, 2.05) is 0 Å². The number of ether oxygens (including phenoxy) is 1. The second-order valence-corrected chi connectivity index (χ2v) is 12.9. The molecule has 0 fully saturated rings. The van der Waals surface area contributed by atoms with Gasteiger partial charge >= 0.3 is 73.4 Å². The minimum atomic E-state index is -0.604. The fourth-order valence-electron chi connectivity index (χ4n) is 0.412. The van der Waals surface area contributed by atoms with Crippen LogP contribution >= 0.6 is 11.9 Å². The molecule has 0 amide bonds. The van der Waals surface area contributed by atoms with Crippen molar-refractivity contribution >= 4 is 17.9 Å². The molecule has 0 aliphatic heterocycles. The van der Waals surface area contributed by atoms with E-state index in [4.69, 9.17) is 4.74 Å². The second-order valence-electron chi connectivity index (χ2n) is 1.74. The molecule has 0 aromatic heterocycles. The molecule has 0 radical (unpaired) electrons. The Morgan fingerprint density at radius 3 is 2.89 bits per heavy atom. The summed E-state index contributed by atoms with van der Waals surface area (Å²) >= 11 is 2.89. The molecule has 0 atom stereocenters. The fourth-order valence-corrected chi connectivity index (χ4v) is 5.42. The third-order valence-electron chi connectivity index (χ3n) is 0.833. The average molecular weight is 382 g/mol. The van der Waals surface area contributed by atoms with Gasteiger partial charge in [-0.15, -0.1) is 0 Å². The number of rotatable bonds is 4. The Balaban J connectivity index is 2.83. The standard InChI is InChI=1S/C5H9O2.BrH.Hg/c1-3-4-7-5(2)6;;/h1,3-4H2,2H3;1H;/q;;+1/p-1. The molecule has 0 spiro atoms. The molecule has 0 saturated heterocycles. The molecule has 0 unspecified atom stereocenters. The van der Waals surface area contributed by atoms with Crippen molar-refractivity contribution in [2.75, 3.05) is 6.61 Å². The van der Waals surface area contributed by atoms with Gasteiger partial charge in [-0.1, -0.05) is 0 Å². The van der Waals surface area contributed by atoms with Gasteiger partial charge in [0.15, 0.2) is 0 Å². The van der Waals surface area contributed by atoms with E-state index < -0.39 is 22.1 Å². The molecule has 4 heteroatoms. The van der Waals surface area contributed by atoms with Gasteiger partial charge in [0.1, 0.15) is 0 Å². The first kappa shape index (κ1) is 9.89. The van der Waals surface area contributed by atoms with Gasteiger partial charge in [-0.2, -0.15) is 0 Å². The summed E-state index contributed by atoms with van der Waals surface area (Å²) in [6.45, 7) is 2.05. The van der Waals surface area contributed by atoms with E-state index in [2.05, 4.69) is 11.9 Å². The van der Waals surface area contributed by atoms with Crippen molar-refractivity contribution in [2.45, 2.75) is 17.3 Å². The number of hydrogen-bond acceptors (Lipinski definition) is 2. The van der Waals surface area contributed by atoms with Crippen molar-refractivity contribution in [3.8, 4) is 0 Å². The van der Waals surface area contributed by atoms with Crippen LogP contribution < -0.4 is 0 Å². The zero-order chi connectivity index (χ0) is 7.11. The first-order valence-corrected chi connectivity index (χ1v) is 18.8. The van der Waals surface area contributed by atoms with Crippen molar-refractivity contribution in [2.24, 2.45) is 0 Å². The molecular weight excluding hydrogens is 373 g/mol. The van der Waals surface area contributed by atoms with Crippen LogP contribution in [0.4, 0.5) is 0 Å². The van der Waals surface area contributed by atoms with Gasteiger partial charge < -0.3 is 0 Å². The van der Waals surface area contributed by atoms with E-state index in [-0.39, 0.29) is 5.97 Å².